The number of carbonyl (C=O) groups is 1. The Morgan fingerprint density at radius 2 is 2.50 bits per heavy atom. The van der Waals surface area contributed by atoms with Crippen molar-refractivity contribution in [3.63, 3.8) is 0 Å². The van der Waals surface area contributed by atoms with E-state index >= 15 is 0 Å². The summed E-state index contributed by atoms with van der Waals surface area (Å²) < 4.78 is 4.80. The van der Waals surface area contributed by atoms with Crippen molar-refractivity contribution >= 4 is 5.97 Å². The van der Waals surface area contributed by atoms with Gasteiger partial charge in [0.25, 0.3) is 0 Å². The lowest BCUT2D eigenvalue weighted by Gasteiger charge is -2.05. The first-order chi connectivity index (χ1) is 4.66. The van der Waals surface area contributed by atoms with E-state index in [1.165, 1.54) is 0 Å². The van der Waals surface area contributed by atoms with Gasteiger partial charge in [0.15, 0.2) is 0 Å². The molecule has 0 aromatic carbocycles. The normalized spacial score (nSPS) is 12.0. The maximum absolute atomic E-state index is 9.93. The third-order valence-corrected chi connectivity index (χ3v) is 0.897. The minimum atomic E-state index is -0.969. The van der Waals surface area contributed by atoms with E-state index in [9.17, 15) is 4.79 Å². The van der Waals surface area contributed by atoms with Gasteiger partial charge in [-0.2, -0.15) is 0 Å². The summed E-state index contributed by atoms with van der Waals surface area (Å²) in [5, 5.41) is 8.15. The molecular formula is C7H10O3. The molecule has 0 rings (SSSR count). The first-order valence-electron chi connectivity index (χ1n) is 2.93. The minimum Gasteiger partial charge on any atom is -0.480 e. The van der Waals surface area contributed by atoms with Gasteiger partial charge in [0, 0.05) is 6.42 Å². The van der Waals surface area contributed by atoms with Gasteiger partial charge in [0.1, 0.15) is 6.61 Å². The van der Waals surface area contributed by atoms with Crippen molar-refractivity contribution in [1.82, 2.24) is 0 Å². The van der Waals surface area contributed by atoms with E-state index in [0.29, 0.717) is 6.42 Å². The Morgan fingerprint density at radius 3 is 2.90 bits per heavy atom. The molecule has 0 aromatic rings. The van der Waals surface area contributed by atoms with Crippen LogP contribution in [0.4, 0.5) is 0 Å². The van der Waals surface area contributed by atoms with Crippen LogP contribution in [-0.2, 0) is 9.53 Å². The van der Waals surface area contributed by atoms with Crippen LogP contribution in [-0.4, -0.2) is 23.8 Å². The minimum absolute atomic E-state index is 0.166. The van der Waals surface area contributed by atoms with Crippen LogP contribution in [0.3, 0.4) is 0 Å². The van der Waals surface area contributed by atoms with Gasteiger partial charge < -0.3 is 9.84 Å². The molecule has 0 fully saturated rings. The Hall–Kier alpha value is -1.01. The predicted molar refractivity (Wildman–Crippen MR) is 36.5 cm³/mol. The number of hydrogen-bond acceptors (Lipinski definition) is 2. The van der Waals surface area contributed by atoms with Crippen LogP contribution in [0.15, 0.2) is 0 Å². The van der Waals surface area contributed by atoms with Gasteiger partial charge in [-0.3, -0.25) is 0 Å². The van der Waals surface area contributed by atoms with E-state index in [0.717, 1.165) is 0 Å². The molecule has 10 heavy (non-hydrogen) atoms. The fourth-order valence-corrected chi connectivity index (χ4v) is 0.438. The van der Waals surface area contributed by atoms with Crippen LogP contribution in [0.25, 0.3) is 0 Å². The van der Waals surface area contributed by atoms with Crippen molar-refractivity contribution in [2.24, 2.45) is 0 Å². The maximum atomic E-state index is 9.93. The average molecular weight is 142 g/mol. The summed E-state index contributed by atoms with van der Waals surface area (Å²) >= 11 is 0. The number of rotatable bonds is 4. The molecule has 0 bridgehead atoms. The summed E-state index contributed by atoms with van der Waals surface area (Å²) in [6.45, 7) is 1.46. The van der Waals surface area contributed by atoms with Crippen molar-refractivity contribution in [2.75, 3.05) is 6.61 Å². The Balaban J connectivity index is 3.32. The van der Waals surface area contributed by atoms with Crippen LogP contribution in [0.5, 0.6) is 0 Å². The van der Waals surface area contributed by atoms with Gasteiger partial charge in [-0.25, -0.2) is 4.79 Å². The quantitative estimate of drug-likeness (QED) is 0.581. The fourth-order valence-electron chi connectivity index (χ4n) is 0.438. The molecule has 3 heteroatoms. The van der Waals surface area contributed by atoms with E-state index in [1.54, 1.807) is 6.92 Å². The van der Waals surface area contributed by atoms with Crippen LogP contribution in [0, 0.1) is 12.3 Å². The monoisotopic (exact) mass is 142 g/mol. The van der Waals surface area contributed by atoms with Crippen molar-refractivity contribution < 1.29 is 14.6 Å². The molecule has 0 aromatic heterocycles. The van der Waals surface area contributed by atoms with E-state index in [4.69, 9.17) is 16.3 Å². The molecule has 0 amide bonds. The first-order valence-corrected chi connectivity index (χ1v) is 2.93. The summed E-state index contributed by atoms with van der Waals surface area (Å²) in [4.78, 5) is 9.93. The van der Waals surface area contributed by atoms with Gasteiger partial charge in [-0.15, -0.1) is 12.3 Å². The van der Waals surface area contributed by atoms with Crippen molar-refractivity contribution in [3.8, 4) is 12.3 Å². The zero-order chi connectivity index (χ0) is 7.98. The van der Waals surface area contributed by atoms with Crippen LogP contribution in [0.2, 0.25) is 0 Å². The highest BCUT2D eigenvalue weighted by molar-refractivity contribution is 5.68. The molecule has 0 radical (unpaired) electrons. The lowest BCUT2D eigenvalue weighted by Crippen LogP contribution is -2.14. The lowest BCUT2D eigenvalue weighted by molar-refractivity contribution is -0.143. The van der Waals surface area contributed by atoms with Crippen LogP contribution in [0.1, 0.15) is 13.3 Å². The zero-order valence-electron chi connectivity index (χ0n) is 5.83. The standard InChI is InChI=1S/C7H10O3/c1-3-4-6(2)10-5-7(8)9/h1,6H,4-5H2,2H3,(H,8,9)/t6-/m1/s1. The lowest BCUT2D eigenvalue weighted by atomic mass is 10.3. The van der Waals surface area contributed by atoms with Crippen molar-refractivity contribution in [3.05, 3.63) is 0 Å². The molecule has 0 saturated heterocycles. The van der Waals surface area contributed by atoms with Gasteiger partial charge in [0.05, 0.1) is 6.10 Å². The Morgan fingerprint density at radius 1 is 1.90 bits per heavy atom. The third-order valence-electron chi connectivity index (χ3n) is 0.897. The van der Waals surface area contributed by atoms with Crippen molar-refractivity contribution in [2.45, 2.75) is 19.4 Å². The van der Waals surface area contributed by atoms with E-state index in [1.807, 2.05) is 0 Å². The second kappa shape index (κ2) is 4.83. The zero-order valence-corrected chi connectivity index (χ0v) is 5.83. The highest BCUT2D eigenvalue weighted by atomic mass is 16.5. The first kappa shape index (κ1) is 8.99. The summed E-state index contributed by atoms with van der Waals surface area (Å²) in [6.07, 6.45) is 5.24. The van der Waals surface area contributed by atoms with Gasteiger partial charge in [0.2, 0.25) is 0 Å². The summed E-state index contributed by atoms with van der Waals surface area (Å²) in [7, 11) is 0. The number of aliphatic carboxylic acids is 1. The molecule has 0 aliphatic rings. The number of terminal acetylenes is 1. The van der Waals surface area contributed by atoms with E-state index < -0.39 is 5.97 Å². The van der Waals surface area contributed by atoms with Gasteiger partial charge in [-0.05, 0) is 6.92 Å². The highest BCUT2D eigenvalue weighted by Gasteiger charge is 2.02. The van der Waals surface area contributed by atoms with Crippen LogP contribution < -0.4 is 0 Å². The fraction of sp³-hybridized carbons (Fsp3) is 0.571. The molecule has 0 saturated carbocycles. The summed E-state index contributed by atoms with van der Waals surface area (Å²) in [5.74, 6) is 1.40. The molecule has 0 unspecified atom stereocenters. The van der Waals surface area contributed by atoms with Gasteiger partial charge >= 0.3 is 5.97 Å². The number of carboxylic acid groups (broad SMARTS) is 1. The number of hydrogen-bond donors (Lipinski definition) is 1. The molecule has 0 aliphatic carbocycles. The molecule has 0 spiro atoms. The molecule has 0 heterocycles. The van der Waals surface area contributed by atoms with Crippen LogP contribution >= 0.6 is 0 Å². The topological polar surface area (TPSA) is 46.5 Å². The second-order valence-electron chi connectivity index (χ2n) is 1.92. The Bertz CT molecular complexity index is 145. The molecule has 1 atom stereocenters. The molecule has 56 valence electrons. The van der Waals surface area contributed by atoms with Crippen molar-refractivity contribution in [1.29, 1.82) is 0 Å². The molecule has 1 N–H and O–H groups in total. The average Bonchev–Trinajstić information content (AvgIpc) is 1.85. The third kappa shape index (κ3) is 5.13. The maximum Gasteiger partial charge on any atom is 0.329 e. The Labute approximate surface area is 60.0 Å². The largest absolute Gasteiger partial charge is 0.480 e. The van der Waals surface area contributed by atoms with E-state index in [2.05, 4.69) is 5.92 Å². The Kier molecular flexibility index (Phi) is 4.34. The second-order valence-corrected chi connectivity index (χ2v) is 1.92. The van der Waals surface area contributed by atoms with Gasteiger partial charge in [-0.1, -0.05) is 0 Å². The molecular weight excluding hydrogens is 132 g/mol. The smallest absolute Gasteiger partial charge is 0.329 e. The predicted octanol–water partition coefficient (Wildman–Crippen LogP) is 0.499. The number of ether oxygens (including phenoxy) is 1. The number of carboxylic acids is 1. The molecule has 0 aliphatic heterocycles. The SMILES string of the molecule is C#CC[C@@H](C)OCC(=O)O. The highest BCUT2D eigenvalue weighted by Crippen LogP contribution is 1.94. The summed E-state index contributed by atoms with van der Waals surface area (Å²) in [6, 6.07) is 0. The molecule has 3 nitrogen and oxygen atoms in total. The van der Waals surface area contributed by atoms with E-state index in [-0.39, 0.29) is 12.7 Å². The summed E-state index contributed by atoms with van der Waals surface area (Å²) in [5.41, 5.74) is 0.